The lowest BCUT2D eigenvalue weighted by Crippen LogP contribution is -2.31. The molecular formula is C6H10Cl2N2O2S. The lowest BCUT2D eigenvalue weighted by atomic mass is 10.2. The van der Waals surface area contributed by atoms with Gasteiger partial charge in [0, 0.05) is 17.5 Å². The van der Waals surface area contributed by atoms with Crippen molar-refractivity contribution in [2.75, 3.05) is 0 Å². The van der Waals surface area contributed by atoms with Crippen molar-refractivity contribution >= 4 is 42.1 Å². The first-order valence-corrected chi connectivity index (χ1v) is 3.94. The van der Waals surface area contributed by atoms with Crippen molar-refractivity contribution in [2.24, 2.45) is 5.73 Å². The predicted molar refractivity (Wildman–Crippen MR) is 55.9 cm³/mol. The van der Waals surface area contributed by atoms with Crippen LogP contribution in [-0.2, 0) is 11.2 Å². The molecule has 1 rings (SSSR count). The first kappa shape index (κ1) is 15.1. The van der Waals surface area contributed by atoms with Crippen molar-refractivity contribution in [3.05, 3.63) is 16.6 Å². The maximum absolute atomic E-state index is 10.3. The molecule has 13 heavy (non-hydrogen) atoms. The maximum Gasteiger partial charge on any atom is 0.320 e. The van der Waals surface area contributed by atoms with Crippen LogP contribution in [0.5, 0.6) is 0 Å². The molecule has 1 aromatic heterocycles. The molecule has 0 unspecified atom stereocenters. The Morgan fingerprint density at radius 2 is 2.31 bits per heavy atom. The molecule has 1 atom stereocenters. The zero-order valence-electron chi connectivity index (χ0n) is 6.54. The lowest BCUT2D eigenvalue weighted by Gasteiger charge is -2.01. The number of hydrogen-bond donors (Lipinski definition) is 2. The van der Waals surface area contributed by atoms with Crippen LogP contribution in [0.15, 0.2) is 11.7 Å². The van der Waals surface area contributed by atoms with E-state index in [1.54, 1.807) is 11.7 Å². The highest BCUT2D eigenvalue weighted by atomic mass is 35.5. The molecule has 7 heteroatoms. The Bertz CT molecular complexity index is 243. The van der Waals surface area contributed by atoms with Gasteiger partial charge in [0.2, 0.25) is 0 Å². The minimum Gasteiger partial charge on any atom is -0.480 e. The number of rotatable bonds is 3. The summed E-state index contributed by atoms with van der Waals surface area (Å²) in [5.41, 5.74) is 6.94. The fourth-order valence-corrected chi connectivity index (χ4v) is 1.30. The van der Waals surface area contributed by atoms with Crippen LogP contribution in [0.4, 0.5) is 0 Å². The van der Waals surface area contributed by atoms with Gasteiger partial charge in [-0.25, -0.2) is 0 Å². The standard InChI is InChI=1S/C6H8N2O2S.2ClH/c7-5(6(9)10)1-4-2-8-3-11-4;;/h2-3,5H,1,7H2,(H,9,10);2*1H/t5-;;/m0../s1. The second-order valence-corrected chi connectivity index (χ2v) is 3.09. The van der Waals surface area contributed by atoms with Crippen molar-refractivity contribution in [1.29, 1.82) is 0 Å². The Hall–Kier alpha value is -0.360. The van der Waals surface area contributed by atoms with Gasteiger partial charge >= 0.3 is 5.97 Å². The third-order valence-corrected chi connectivity index (χ3v) is 2.02. The van der Waals surface area contributed by atoms with Gasteiger partial charge in [0.1, 0.15) is 6.04 Å². The number of carboxylic acids is 1. The van der Waals surface area contributed by atoms with Crippen LogP contribution < -0.4 is 5.73 Å². The lowest BCUT2D eigenvalue weighted by molar-refractivity contribution is -0.138. The molecule has 0 aliphatic heterocycles. The summed E-state index contributed by atoms with van der Waals surface area (Å²) in [6, 6.07) is -0.810. The molecule has 0 amide bonds. The van der Waals surface area contributed by atoms with E-state index in [1.165, 1.54) is 11.3 Å². The summed E-state index contributed by atoms with van der Waals surface area (Å²) in [5, 5.41) is 8.44. The summed E-state index contributed by atoms with van der Waals surface area (Å²) in [5.74, 6) is -0.974. The quantitative estimate of drug-likeness (QED) is 0.830. The number of halogens is 2. The van der Waals surface area contributed by atoms with Crippen LogP contribution >= 0.6 is 36.2 Å². The average Bonchev–Trinajstić information content (AvgIpc) is 2.39. The zero-order chi connectivity index (χ0) is 8.27. The molecule has 0 spiro atoms. The summed E-state index contributed by atoms with van der Waals surface area (Å²) in [6.45, 7) is 0. The highest BCUT2D eigenvalue weighted by molar-refractivity contribution is 7.09. The van der Waals surface area contributed by atoms with Gasteiger partial charge < -0.3 is 10.8 Å². The number of aliphatic carboxylic acids is 1. The zero-order valence-corrected chi connectivity index (χ0v) is 8.99. The number of thiazole rings is 1. The molecule has 1 heterocycles. The number of nitrogens with zero attached hydrogens (tertiary/aromatic N) is 1. The van der Waals surface area contributed by atoms with Gasteiger partial charge in [-0.2, -0.15) is 0 Å². The minimum atomic E-state index is -0.974. The van der Waals surface area contributed by atoms with Crippen molar-refractivity contribution in [3.8, 4) is 0 Å². The smallest absolute Gasteiger partial charge is 0.320 e. The second-order valence-electron chi connectivity index (χ2n) is 2.12. The molecule has 0 saturated heterocycles. The maximum atomic E-state index is 10.3. The van der Waals surface area contributed by atoms with E-state index in [2.05, 4.69) is 4.98 Å². The number of nitrogens with two attached hydrogens (primary N) is 1. The van der Waals surface area contributed by atoms with Gasteiger partial charge in [0.05, 0.1) is 5.51 Å². The molecule has 4 nitrogen and oxygen atoms in total. The fourth-order valence-electron chi connectivity index (χ4n) is 0.647. The van der Waals surface area contributed by atoms with Crippen LogP contribution in [0.25, 0.3) is 0 Å². The number of carboxylic acid groups (broad SMARTS) is 1. The SMILES string of the molecule is Cl.Cl.N[C@@H](Cc1cncs1)C(=O)O. The van der Waals surface area contributed by atoms with Crippen molar-refractivity contribution in [3.63, 3.8) is 0 Å². The van der Waals surface area contributed by atoms with E-state index in [0.29, 0.717) is 6.42 Å². The largest absolute Gasteiger partial charge is 0.480 e. The van der Waals surface area contributed by atoms with Crippen LogP contribution in [0.3, 0.4) is 0 Å². The first-order valence-electron chi connectivity index (χ1n) is 3.06. The van der Waals surface area contributed by atoms with E-state index < -0.39 is 12.0 Å². The van der Waals surface area contributed by atoms with Crippen molar-refractivity contribution in [1.82, 2.24) is 4.98 Å². The van der Waals surface area contributed by atoms with Gasteiger partial charge in [-0.1, -0.05) is 0 Å². The Labute approximate surface area is 92.0 Å². The van der Waals surface area contributed by atoms with Crippen LogP contribution in [0, 0.1) is 0 Å². The van der Waals surface area contributed by atoms with E-state index in [9.17, 15) is 4.79 Å². The van der Waals surface area contributed by atoms with Crippen molar-refractivity contribution in [2.45, 2.75) is 12.5 Å². The van der Waals surface area contributed by atoms with Crippen LogP contribution in [-0.4, -0.2) is 22.1 Å². The monoisotopic (exact) mass is 244 g/mol. The van der Waals surface area contributed by atoms with E-state index in [-0.39, 0.29) is 24.8 Å². The summed E-state index contributed by atoms with van der Waals surface area (Å²) in [7, 11) is 0. The molecule has 0 aliphatic carbocycles. The molecule has 0 aromatic carbocycles. The molecule has 76 valence electrons. The molecule has 3 N–H and O–H groups in total. The average molecular weight is 245 g/mol. The molecule has 0 fully saturated rings. The van der Waals surface area contributed by atoms with Crippen LogP contribution in [0.1, 0.15) is 4.88 Å². The Balaban J connectivity index is 0. The highest BCUT2D eigenvalue weighted by Crippen LogP contribution is 2.07. The molecule has 0 saturated carbocycles. The molecule has 0 bridgehead atoms. The predicted octanol–water partition coefficient (Wildman–Crippen LogP) is 0.941. The van der Waals surface area contributed by atoms with Gasteiger partial charge in [-0.05, 0) is 0 Å². The third-order valence-electron chi connectivity index (χ3n) is 1.22. The Morgan fingerprint density at radius 1 is 1.69 bits per heavy atom. The fraction of sp³-hybridized carbons (Fsp3) is 0.333. The van der Waals surface area contributed by atoms with Gasteiger partial charge in [-0.3, -0.25) is 9.78 Å². The second kappa shape index (κ2) is 7.08. The number of hydrogen-bond acceptors (Lipinski definition) is 4. The third kappa shape index (κ3) is 5.05. The van der Waals surface area contributed by atoms with E-state index in [0.717, 1.165) is 4.88 Å². The Morgan fingerprint density at radius 3 is 2.69 bits per heavy atom. The van der Waals surface area contributed by atoms with E-state index in [4.69, 9.17) is 10.8 Å². The van der Waals surface area contributed by atoms with Crippen LogP contribution in [0.2, 0.25) is 0 Å². The summed E-state index contributed by atoms with van der Waals surface area (Å²) in [6.07, 6.45) is 1.99. The topological polar surface area (TPSA) is 76.2 Å². The molecule has 1 aromatic rings. The number of aromatic nitrogens is 1. The van der Waals surface area contributed by atoms with Gasteiger partial charge in [0.25, 0.3) is 0 Å². The minimum absolute atomic E-state index is 0. The number of carbonyl (C=O) groups is 1. The van der Waals surface area contributed by atoms with E-state index >= 15 is 0 Å². The summed E-state index contributed by atoms with van der Waals surface area (Å²) < 4.78 is 0. The van der Waals surface area contributed by atoms with Gasteiger partial charge in [-0.15, -0.1) is 36.2 Å². The molecule has 0 radical (unpaired) electrons. The highest BCUT2D eigenvalue weighted by Gasteiger charge is 2.12. The molecular weight excluding hydrogens is 235 g/mol. The normalized spacial score (nSPS) is 10.8. The summed E-state index contributed by atoms with van der Waals surface area (Å²) >= 11 is 1.41. The first-order chi connectivity index (χ1) is 5.20. The van der Waals surface area contributed by atoms with Gasteiger partial charge in [0.15, 0.2) is 0 Å². The van der Waals surface area contributed by atoms with Crippen molar-refractivity contribution < 1.29 is 9.90 Å². The Kier molecular flexibility index (Phi) is 8.24. The molecule has 0 aliphatic rings. The summed E-state index contributed by atoms with van der Waals surface area (Å²) in [4.78, 5) is 15.0. The van der Waals surface area contributed by atoms with E-state index in [1.807, 2.05) is 0 Å².